The molecule has 2 rings (SSSR count). The molecule has 1 aliphatic rings. The largest absolute Gasteiger partial charge is 0.508 e. The normalized spacial score (nSPS) is 22.2. The van der Waals surface area contributed by atoms with Crippen LogP contribution in [0.15, 0.2) is 18.2 Å². The SMILES string of the molecule is CC(N)C1CNc2cccc(O)c21. The number of fused-ring (bicyclic) bond motifs is 1. The van der Waals surface area contributed by atoms with Gasteiger partial charge < -0.3 is 16.2 Å². The van der Waals surface area contributed by atoms with E-state index in [0.29, 0.717) is 5.75 Å². The molecule has 1 aromatic rings. The summed E-state index contributed by atoms with van der Waals surface area (Å²) in [5.74, 6) is 0.584. The summed E-state index contributed by atoms with van der Waals surface area (Å²) in [7, 11) is 0. The number of nitrogens with two attached hydrogens (primary N) is 1. The minimum Gasteiger partial charge on any atom is -0.508 e. The van der Waals surface area contributed by atoms with Gasteiger partial charge in [0.05, 0.1) is 0 Å². The summed E-state index contributed by atoms with van der Waals surface area (Å²) in [6, 6.07) is 5.59. The van der Waals surface area contributed by atoms with Crippen LogP contribution in [0.3, 0.4) is 0 Å². The monoisotopic (exact) mass is 178 g/mol. The standard InChI is InChI=1S/C10H14N2O/c1-6(11)7-5-12-8-3-2-4-9(13)10(7)8/h2-4,6-7,12-13H,5,11H2,1H3. The van der Waals surface area contributed by atoms with Crippen LogP contribution in [-0.4, -0.2) is 17.7 Å². The lowest BCUT2D eigenvalue weighted by atomic mass is 9.94. The third kappa shape index (κ3) is 1.25. The molecule has 3 nitrogen and oxygen atoms in total. The smallest absolute Gasteiger partial charge is 0.121 e. The molecular weight excluding hydrogens is 164 g/mol. The summed E-state index contributed by atoms with van der Waals surface area (Å²) in [5, 5.41) is 12.9. The van der Waals surface area contributed by atoms with Crippen molar-refractivity contribution in [2.45, 2.75) is 18.9 Å². The molecular formula is C10H14N2O. The van der Waals surface area contributed by atoms with Gasteiger partial charge in [-0.2, -0.15) is 0 Å². The number of phenolic OH excluding ortho intramolecular Hbond substituents is 1. The maximum atomic E-state index is 9.66. The fraction of sp³-hybridized carbons (Fsp3) is 0.400. The van der Waals surface area contributed by atoms with Crippen LogP contribution in [0.4, 0.5) is 5.69 Å². The maximum absolute atomic E-state index is 9.66. The molecule has 0 bridgehead atoms. The van der Waals surface area contributed by atoms with Gasteiger partial charge in [0.2, 0.25) is 0 Å². The van der Waals surface area contributed by atoms with E-state index in [0.717, 1.165) is 17.8 Å². The van der Waals surface area contributed by atoms with E-state index in [1.165, 1.54) is 0 Å². The summed E-state index contributed by atoms with van der Waals surface area (Å²) in [6.45, 7) is 2.79. The lowest BCUT2D eigenvalue weighted by Gasteiger charge is -2.14. The molecule has 0 aromatic heterocycles. The first-order chi connectivity index (χ1) is 6.20. The van der Waals surface area contributed by atoms with Gasteiger partial charge in [0.1, 0.15) is 5.75 Å². The molecule has 70 valence electrons. The van der Waals surface area contributed by atoms with Gasteiger partial charge in [-0.15, -0.1) is 0 Å². The Hall–Kier alpha value is -1.22. The molecule has 1 heterocycles. The van der Waals surface area contributed by atoms with Crippen molar-refractivity contribution in [1.29, 1.82) is 0 Å². The highest BCUT2D eigenvalue weighted by atomic mass is 16.3. The Morgan fingerprint density at radius 2 is 2.38 bits per heavy atom. The van der Waals surface area contributed by atoms with Crippen molar-refractivity contribution in [3.05, 3.63) is 23.8 Å². The van der Waals surface area contributed by atoms with E-state index in [9.17, 15) is 5.11 Å². The molecule has 0 spiro atoms. The summed E-state index contributed by atoms with van der Waals surface area (Å²) in [4.78, 5) is 0. The van der Waals surface area contributed by atoms with Crippen molar-refractivity contribution >= 4 is 5.69 Å². The van der Waals surface area contributed by atoms with Gasteiger partial charge in [0.15, 0.2) is 0 Å². The predicted octanol–water partition coefficient (Wildman–Crippen LogP) is 1.25. The lowest BCUT2D eigenvalue weighted by Crippen LogP contribution is -2.25. The second-order valence-electron chi connectivity index (χ2n) is 3.58. The Bertz CT molecular complexity index is 323. The number of rotatable bonds is 1. The molecule has 1 aliphatic heterocycles. The van der Waals surface area contributed by atoms with Crippen molar-refractivity contribution in [1.82, 2.24) is 0 Å². The zero-order valence-electron chi connectivity index (χ0n) is 7.62. The molecule has 0 fully saturated rings. The number of aromatic hydroxyl groups is 1. The van der Waals surface area contributed by atoms with Crippen molar-refractivity contribution in [2.24, 2.45) is 5.73 Å². The molecule has 2 atom stereocenters. The van der Waals surface area contributed by atoms with Crippen LogP contribution in [-0.2, 0) is 0 Å². The van der Waals surface area contributed by atoms with Crippen molar-refractivity contribution in [2.75, 3.05) is 11.9 Å². The second-order valence-corrected chi connectivity index (χ2v) is 3.58. The molecule has 0 saturated carbocycles. The van der Waals surface area contributed by atoms with Crippen molar-refractivity contribution in [3.8, 4) is 5.75 Å². The Morgan fingerprint density at radius 1 is 1.62 bits per heavy atom. The first kappa shape index (κ1) is 8.38. The average molecular weight is 178 g/mol. The van der Waals surface area contributed by atoms with Crippen LogP contribution in [0.1, 0.15) is 18.4 Å². The van der Waals surface area contributed by atoms with E-state index in [4.69, 9.17) is 5.73 Å². The second kappa shape index (κ2) is 2.92. The van der Waals surface area contributed by atoms with Gasteiger partial charge >= 0.3 is 0 Å². The van der Waals surface area contributed by atoms with Crippen LogP contribution in [0, 0.1) is 0 Å². The van der Waals surface area contributed by atoms with E-state index in [1.807, 2.05) is 19.1 Å². The number of anilines is 1. The zero-order chi connectivity index (χ0) is 9.42. The topological polar surface area (TPSA) is 58.3 Å². The zero-order valence-corrected chi connectivity index (χ0v) is 7.62. The predicted molar refractivity (Wildman–Crippen MR) is 53.0 cm³/mol. The average Bonchev–Trinajstić information content (AvgIpc) is 2.49. The third-order valence-corrected chi connectivity index (χ3v) is 2.60. The van der Waals surface area contributed by atoms with Crippen LogP contribution in [0.25, 0.3) is 0 Å². The highest BCUT2D eigenvalue weighted by Gasteiger charge is 2.27. The fourth-order valence-electron chi connectivity index (χ4n) is 1.87. The third-order valence-electron chi connectivity index (χ3n) is 2.60. The Labute approximate surface area is 77.6 Å². The van der Waals surface area contributed by atoms with E-state index in [-0.39, 0.29) is 12.0 Å². The first-order valence-electron chi connectivity index (χ1n) is 4.51. The quantitative estimate of drug-likeness (QED) is 0.606. The van der Waals surface area contributed by atoms with Crippen LogP contribution in [0.5, 0.6) is 5.75 Å². The van der Waals surface area contributed by atoms with Gasteiger partial charge in [0.25, 0.3) is 0 Å². The van der Waals surface area contributed by atoms with E-state index >= 15 is 0 Å². The van der Waals surface area contributed by atoms with Gasteiger partial charge in [0, 0.05) is 29.8 Å². The molecule has 1 aromatic carbocycles. The first-order valence-corrected chi connectivity index (χ1v) is 4.51. The molecule has 0 aliphatic carbocycles. The fourth-order valence-corrected chi connectivity index (χ4v) is 1.87. The molecule has 0 radical (unpaired) electrons. The van der Waals surface area contributed by atoms with Crippen LogP contribution < -0.4 is 11.1 Å². The number of benzene rings is 1. The van der Waals surface area contributed by atoms with Gasteiger partial charge in [-0.05, 0) is 19.1 Å². The highest BCUT2D eigenvalue weighted by molar-refractivity contribution is 5.63. The minimum absolute atomic E-state index is 0.0713. The Kier molecular flexibility index (Phi) is 1.88. The Balaban J connectivity index is 2.46. The molecule has 0 saturated heterocycles. The summed E-state index contributed by atoms with van der Waals surface area (Å²) >= 11 is 0. The van der Waals surface area contributed by atoms with Gasteiger partial charge in [-0.1, -0.05) is 6.07 Å². The Morgan fingerprint density at radius 3 is 3.08 bits per heavy atom. The van der Waals surface area contributed by atoms with Gasteiger partial charge in [-0.25, -0.2) is 0 Å². The molecule has 2 unspecified atom stereocenters. The summed E-state index contributed by atoms with van der Waals surface area (Å²) in [6.07, 6.45) is 0. The highest BCUT2D eigenvalue weighted by Crippen LogP contribution is 2.38. The molecule has 4 N–H and O–H groups in total. The number of nitrogens with one attached hydrogen (secondary N) is 1. The maximum Gasteiger partial charge on any atom is 0.121 e. The summed E-state index contributed by atoms with van der Waals surface area (Å²) in [5.41, 5.74) is 7.82. The molecule has 3 heteroatoms. The number of hydrogen-bond donors (Lipinski definition) is 3. The summed E-state index contributed by atoms with van der Waals surface area (Å²) < 4.78 is 0. The van der Waals surface area contributed by atoms with Gasteiger partial charge in [-0.3, -0.25) is 0 Å². The van der Waals surface area contributed by atoms with Crippen molar-refractivity contribution in [3.63, 3.8) is 0 Å². The van der Waals surface area contributed by atoms with Crippen LogP contribution >= 0.6 is 0 Å². The van der Waals surface area contributed by atoms with Crippen LogP contribution in [0.2, 0.25) is 0 Å². The number of phenols is 1. The molecule has 13 heavy (non-hydrogen) atoms. The molecule has 0 amide bonds. The van der Waals surface area contributed by atoms with E-state index in [2.05, 4.69) is 5.32 Å². The van der Waals surface area contributed by atoms with E-state index < -0.39 is 0 Å². The lowest BCUT2D eigenvalue weighted by molar-refractivity contribution is 0.459. The number of hydrogen-bond acceptors (Lipinski definition) is 3. The minimum atomic E-state index is 0.0713. The van der Waals surface area contributed by atoms with E-state index in [1.54, 1.807) is 6.07 Å². The van der Waals surface area contributed by atoms with Crippen molar-refractivity contribution < 1.29 is 5.11 Å².